The predicted octanol–water partition coefficient (Wildman–Crippen LogP) is 1.48. The number of rotatable bonds is 7. The molecule has 0 saturated heterocycles. The average molecular weight is 359 g/mol. The molecule has 0 spiro atoms. The minimum absolute atomic E-state index is 0.168. The molecule has 1 aliphatic heterocycles. The Balaban J connectivity index is 1.40. The molecule has 0 radical (unpaired) electrons. The van der Waals surface area contributed by atoms with Gasteiger partial charge in [-0.25, -0.2) is 4.79 Å². The van der Waals surface area contributed by atoms with Crippen LogP contribution in [-0.2, 0) is 16.0 Å². The first-order chi connectivity index (χ1) is 12.7. The number of aromatic nitrogens is 2. The lowest BCUT2D eigenvalue weighted by Crippen LogP contribution is -2.42. The summed E-state index contributed by atoms with van der Waals surface area (Å²) in [5, 5.41) is 9.32. The topological polar surface area (TPSA) is 103 Å². The van der Waals surface area contributed by atoms with Crippen LogP contribution in [0.15, 0.2) is 30.3 Å². The molecule has 0 bridgehead atoms. The maximum atomic E-state index is 11.9. The molecule has 1 aromatic carbocycles. The number of benzene rings is 1. The standard InChI is InChI=1S/C18H21N3O5/c1-2-5-12-8-14(21-20-12)18(23)25-11-17(22)19-9-13-10-24-15-6-3-4-7-16(15)26-13/h3-4,6-8,13H,2,5,9-11H2,1H3,(H,19,22)(H,20,21). The van der Waals surface area contributed by atoms with Crippen molar-refractivity contribution in [1.82, 2.24) is 15.5 Å². The van der Waals surface area contributed by atoms with Gasteiger partial charge in [0.15, 0.2) is 23.8 Å². The van der Waals surface area contributed by atoms with E-state index in [2.05, 4.69) is 15.5 Å². The normalized spacial score (nSPS) is 15.3. The van der Waals surface area contributed by atoms with E-state index in [1.165, 1.54) is 0 Å². The molecule has 1 aliphatic rings. The van der Waals surface area contributed by atoms with Crippen LogP contribution in [0, 0.1) is 0 Å². The average Bonchev–Trinajstić information content (AvgIpc) is 3.13. The molecular weight excluding hydrogens is 338 g/mol. The minimum atomic E-state index is -0.634. The van der Waals surface area contributed by atoms with Crippen molar-refractivity contribution in [3.05, 3.63) is 41.7 Å². The quantitative estimate of drug-likeness (QED) is 0.726. The molecule has 1 unspecified atom stereocenters. The second-order valence-electron chi connectivity index (χ2n) is 5.91. The number of aryl methyl sites for hydroxylation is 1. The molecule has 3 rings (SSSR count). The first-order valence-corrected chi connectivity index (χ1v) is 8.52. The highest BCUT2D eigenvalue weighted by atomic mass is 16.6. The van der Waals surface area contributed by atoms with Gasteiger partial charge >= 0.3 is 5.97 Å². The van der Waals surface area contributed by atoms with Crippen LogP contribution in [0.3, 0.4) is 0 Å². The maximum absolute atomic E-state index is 11.9. The minimum Gasteiger partial charge on any atom is -0.486 e. The first-order valence-electron chi connectivity index (χ1n) is 8.52. The highest BCUT2D eigenvalue weighted by Gasteiger charge is 2.21. The number of nitrogens with zero attached hydrogens (tertiary/aromatic N) is 1. The Bertz CT molecular complexity index is 774. The molecule has 2 aromatic rings. The van der Waals surface area contributed by atoms with Crippen molar-refractivity contribution in [3.8, 4) is 11.5 Å². The lowest BCUT2D eigenvalue weighted by molar-refractivity contribution is -0.124. The zero-order valence-electron chi connectivity index (χ0n) is 14.5. The molecule has 138 valence electrons. The summed E-state index contributed by atoms with van der Waals surface area (Å²) in [7, 11) is 0. The second kappa shape index (κ2) is 8.37. The van der Waals surface area contributed by atoms with Crippen LogP contribution >= 0.6 is 0 Å². The second-order valence-corrected chi connectivity index (χ2v) is 5.91. The van der Waals surface area contributed by atoms with Gasteiger partial charge in [0, 0.05) is 5.69 Å². The number of carbonyl (C=O) groups is 2. The smallest absolute Gasteiger partial charge is 0.359 e. The highest BCUT2D eigenvalue weighted by Crippen LogP contribution is 2.30. The molecule has 0 aliphatic carbocycles. The number of hydrogen-bond acceptors (Lipinski definition) is 6. The molecule has 1 aromatic heterocycles. The molecule has 2 heterocycles. The van der Waals surface area contributed by atoms with Gasteiger partial charge in [0.05, 0.1) is 6.54 Å². The fourth-order valence-corrected chi connectivity index (χ4v) is 2.51. The van der Waals surface area contributed by atoms with Gasteiger partial charge in [-0.2, -0.15) is 5.10 Å². The van der Waals surface area contributed by atoms with Crippen molar-refractivity contribution >= 4 is 11.9 Å². The number of ether oxygens (including phenoxy) is 3. The fourth-order valence-electron chi connectivity index (χ4n) is 2.51. The van der Waals surface area contributed by atoms with Crippen LogP contribution in [0.2, 0.25) is 0 Å². The van der Waals surface area contributed by atoms with Crippen molar-refractivity contribution in [2.24, 2.45) is 0 Å². The van der Waals surface area contributed by atoms with E-state index in [0.29, 0.717) is 18.1 Å². The van der Waals surface area contributed by atoms with E-state index in [1.807, 2.05) is 31.2 Å². The monoisotopic (exact) mass is 359 g/mol. The zero-order chi connectivity index (χ0) is 18.4. The molecule has 0 saturated carbocycles. The van der Waals surface area contributed by atoms with E-state index in [4.69, 9.17) is 14.2 Å². The van der Waals surface area contributed by atoms with Crippen LogP contribution < -0.4 is 14.8 Å². The lowest BCUT2D eigenvalue weighted by Gasteiger charge is -2.26. The SMILES string of the molecule is CCCc1cc(C(=O)OCC(=O)NCC2COc3ccccc3O2)n[nH]1. The van der Waals surface area contributed by atoms with Gasteiger partial charge in [-0.15, -0.1) is 0 Å². The summed E-state index contributed by atoms with van der Waals surface area (Å²) >= 11 is 0. The molecule has 2 N–H and O–H groups in total. The molecule has 8 heteroatoms. The lowest BCUT2D eigenvalue weighted by atomic mass is 10.2. The van der Waals surface area contributed by atoms with Gasteiger partial charge < -0.3 is 19.5 Å². The third kappa shape index (κ3) is 4.53. The molecule has 1 amide bonds. The van der Waals surface area contributed by atoms with Gasteiger partial charge in [0.2, 0.25) is 0 Å². The third-order valence-corrected chi connectivity index (χ3v) is 3.79. The van der Waals surface area contributed by atoms with E-state index in [9.17, 15) is 9.59 Å². The van der Waals surface area contributed by atoms with E-state index in [0.717, 1.165) is 18.5 Å². The number of nitrogens with one attached hydrogen (secondary N) is 2. The summed E-state index contributed by atoms with van der Waals surface area (Å²) < 4.78 is 16.3. The Hall–Kier alpha value is -3.03. The van der Waals surface area contributed by atoms with Gasteiger partial charge in [-0.3, -0.25) is 9.89 Å². The van der Waals surface area contributed by atoms with Gasteiger partial charge in [-0.1, -0.05) is 25.5 Å². The van der Waals surface area contributed by atoms with E-state index in [1.54, 1.807) is 6.07 Å². The number of aromatic amines is 1. The maximum Gasteiger partial charge on any atom is 0.359 e. The summed E-state index contributed by atoms with van der Waals surface area (Å²) in [5.41, 5.74) is 1.03. The van der Waals surface area contributed by atoms with E-state index >= 15 is 0 Å². The van der Waals surface area contributed by atoms with Crippen LogP contribution in [-0.4, -0.2) is 47.9 Å². The number of fused-ring (bicyclic) bond motifs is 1. The molecular formula is C18H21N3O5. The largest absolute Gasteiger partial charge is 0.486 e. The number of hydrogen-bond donors (Lipinski definition) is 2. The fraction of sp³-hybridized carbons (Fsp3) is 0.389. The number of H-pyrrole nitrogens is 1. The Labute approximate surface area is 150 Å². The molecule has 26 heavy (non-hydrogen) atoms. The van der Waals surface area contributed by atoms with Crippen molar-refractivity contribution < 1.29 is 23.8 Å². The van der Waals surface area contributed by atoms with Crippen molar-refractivity contribution in [3.63, 3.8) is 0 Å². The summed E-state index contributed by atoms with van der Waals surface area (Å²) in [4.78, 5) is 23.7. The number of esters is 1. The summed E-state index contributed by atoms with van der Waals surface area (Å²) in [6.45, 7) is 2.25. The first kappa shape index (κ1) is 17.8. The molecule has 0 fully saturated rings. The van der Waals surface area contributed by atoms with Crippen LogP contribution in [0.5, 0.6) is 11.5 Å². The number of amides is 1. The van der Waals surface area contributed by atoms with E-state index < -0.39 is 11.9 Å². The Morgan fingerprint density at radius 3 is 2.96 bits per heavy atom. The number of para-hydroxylation sites is 2. The predicted molar refractivity (Wildman–Crippen MR) is 92.2 cm³/mol. The Kier molecular flexibility index (Phi) is 5.73. The van der Waals surface area contributed by atoms with E-state index in [-0.39, 0.29) is 24.9 Å². The van der Waals surface area contributed by atoms with Crippen molar-refractivity contribution in [2.45, 2.75) is 25.9 Å². The Morgan fingerprint density at radius 1 is 1.35 bits per heavy atom. The van der Waals surface area contributed by atoms with Crippen LogP contribution in [0.25, 0.3) is 0 Å². The zero-order valence-corrected chi connectivity index (χ0v) is 14.5. The molecule has 1 atom stereocenters. The summed E-state index contributed by atoms with van der Waals surface area (Å²) in [6, 6.07) is 8.98. The van der Waals surface area contributed by atoms with Crippen molar-refractivity contribution in [2.75, 3.05) is 19.8 Å². The summed E-state index contributed by atoms with van der Waals surface area (Å²) in [5.74, 6) is 0.284. The highest BCUT2D eigenvalue weighted by molar-refractivity contribution is 5.89. The van der Waals surface area contributed by atoms with Gasteiger partial charge in [0.25, 0.3) is 5.91 Å². The van der Waals surface area contributed by atoms with Gasteiger partial charge in [0.1, 0.15) is 12.7 Å². The summed E-state index contributed by atoms with van der Waals surface area (Å²) in [6.07, 6.45) is 1.44. The Morgan fingerprint density at radius 2 is 2.15 bits per heavy atom. The van der Waals surface area contributed by atoms with Crippen LogP contribution in [0.1, 0.15) is 29.5 Å². The van der Waals surface area contributed by atoms with Gasteiger partial charge in [-0.05, 0) is 24.6 Å². The van der Waals surface area contributed by atoms with Crippen LogP contribution in [0.4, 0.5) is 0 Å². The third-order valence-electron chi connectivity index (χ3n) is 3.79. The molecule has 8 nitrogen and oxygen atoms in total. The number of carbonyl (C=O) groups excluding carboxylic acids is 2. The van der Waals surface area contributed by atoms with Crippen molar-refractivity contribution in [1.29, 1.82) is 0 Å².